The average molecular weight is 853 g/mol. The molecule has 0 aromatic carbocycles. The van der Waals surface area contributed by atoms with Crippen LogP contribution in [0, 0.1) is 0 Å². The number of carboxylic acid groups (broad SMARTS) is 4. The molecule has 18 heteroatoms. The molecule has 1 heterocycles. The van der Waals surface area contributed by atoms with Gasteiger partial charge in [0.25, 0.3) is 0 Å². The Balaban J connectivity index is 2.97. The van der Waals surface area contributed by atoms with E-state index in [1.54, 1.807) is 19.6 Å². The molecule has 2 unspecified atom stereocenters. The van der Waals surface area contributed by atoms with Gasteiger partial charge in [-0.25, -0.2) is 0 Å². The van der Waals surface area contributed by atoms with E-state index in [1.807, 2.05) is 21.1 Å². The van der Waals surface area contributed by atoms with Crippen LogP contribution in [0.15, 0.2) is 0 Å². The summed E-state index contributed by atoms with van der Waals surface area (Å²) in [6.45, 7) is 0.423. The third-order valence-corrected chi connectivity index (χ3v) is 12.4. The Morgan fingerprint density at radius 2 is 0.897 bits per heavy atom. The molecule has 0 aromatic heterocycles. The number of nitrogens with zero attached hydrogens (tertiary/aromatic N) is 5. The molecule has 0 spiro atoms. The van der Waals surface area contributed by atoms with E-state index in [0.29, 0.717) is 24.1 Å². The molecule has 0 aromatic rings. The first-order valence-corrected chi connectivity index (χ1v) is 23.3. The number of likely N-dealkylation sites (N-methyl/N-ethyl adjacent to an activating group) is 1. The van der Waals surface area contributed by atoms with Crippen molar-refractivity contribution in [1.82, 2.24) is 19.6 Å². The fourth-order valence-electron chi connectivity index (χ4n) is 7.08. The lowest BCUT2D eigenvalue weighted by molar-refractivity contribution is -0.870. The third kappa shape index (κ3) is 29.9. The first-order valence-electron chi connectivity index (χ1n) is 21.6. The summed E-state index contributed by atoms with van der Waals surface area (Å²) in [6, 6.07) is -0.813. The van der Waals surface area contributed by atoms with E-state index in [1.165, 1.54) is 64.2 Å². The topological polar surface area (TPSA) is 218 Å². The van der Waals surface area contributed by atoms with Gasteiger partial charge < -0.3 is 39.1 Å². The maximum atomic E-state index is 14.6. The van der Waals surface area contributed by atoms with E-state index < -0.39 is 50.6 Å². The minimum absolute atomic E-state index is 0.0163. The van der Waals surface area contributed by atoms with E-state index >= 15 is 0 Å². The van der Waals surface area contributed by atoms with Crippen LogP contribution in [0.25, 0.3) is 0 Å². The number of hydrogen-bond acceptors (Lipinski definition) is 12. The predicted octanol–water partition coefficient (Wildman–Crippen LogP) is 4.08. The molecule has 1 aliphatic heterocycles. The normalized spacial score (nSPS) is 18.3. The Kier molecular flexibility index (Phi) is 29.3. The molecule has 5 N–H and O–H groups in total. The molecule has 1 saturated heterocycles. The van der Waals surface area contributed by atoms with E-state index in [4.69, 9.17) is 14.2 Å². The van der Waals surface area contributed by atoms with Crippen molar-refractivity contribution in [2.45, 2.75) is 109 Å². The number of unbranched alkanes of at least 4 members (excludes halogenated alkanes) is 15. The van der Waals surface area contributed by atoms with Gasteiger partial charge in [-0.15, -0.1) is 0 Å². The molecule has 1 aliphatic rings. The van der Waals surface area contributed by atoms with E-state index in [2.05, 4.69) is 0 Å². The summed E-state index contributed by atoms with van der Waals surface area (Å²) in [6.07, 6.45) is 18.1. The van der Waals surface area contributed by atoms with E-state index in [9.17, 15) is 44.2 Å². The lowest BCUT2D eigenvalue weighted by Gasteiger charge is -2.38. The van der Waals surface area contributed by atoms with Gasteiger partial charge in [0, 0.05) is 58.5 Å². The van der Waals surface area contributed by atoms with Gasteiger partial charge in [0.05, 0.1) is 60.1 Å². The minimum atomic E-state index is -3.88. The first kappa shape index (κ1) is 53.8. The van der Waals surface area contributed by atoms with Gasteiger partial charge in [-0.2, -0.15) is 0 Å². The van der Waals surface area contributed by atoms with Crippen molar-refractivity contribution in [3.8, 4) is 0 Å². The lowest BCUT2D eigenvalue weighted by Crippen LogP contribution is -2.54. The zero-order valence-corrected chi connectivity index (χ0v) is 36.9. The molecule has 0 aliphatic carbocycles. The van der Waals surface area contributed by atoms with Crippen LogP contribution in [0.3, 0.4) is 0 Å². The second kappa shape index (κ2) is 31.6. The average Bonchev–Trinajstić information content (AvgIpc) is 3.11. The van der Waals surface area contributed by atoms with Crippen molar-refractivity contribution in [3.63, 3.8) is 0 Å². The Morgan fingerprint density at radius 1 is 0.534 bits per heavy atom. The largest absolute Gasteiger partial charge is 0.480 e. The van der Waals surface area contributed by atoms with Crippen molar-refractivity contribution in [2.24, 2.45) is 0 Å². The standard InChI is InChI=1S/C40H78N5O12P/c1-45(2,3)26-29-57-58(55,56-28-19-17-15-13-11-9-7-5-4-6-8-10-12-14-16-18-27-46)35-36-30-43(33-39(51)52)23-22-41(31-37(47)48)20-21-42(32-38(49)50)24-25-44(36)34-40(53)54/h36,46H,4-35H2,1-3H3,(H3-,47,48,49,50,51,52,53,54)/p+1. The fraction of sp³-hybridized carbons (Fsp3) is 0.900. The third-order valence-electron chi connectivity index (χ3n) is 10.4. The van der Waals surface area contributed by atoms with Crippen molar-refractivity contribution in [3.05, 3.63) is 0 Å². The van der Waals surface area contributed by atoms with Crippen LogP contribution in [-0.4, -0.2) is 205 Å². The predicted molar refractivity (Wildman–Crippen MR) is 223 cm³/mol. The SMILES string of the molecule is C[N+](C)(C)CCOP(=O)(CC1CN(CC(=O)O)CCN(CC(=O)O)CCN(CC(=O)O)CCN1CC(=O)O)OCCCCCCCCCCCCCCCCCCO. The molecule has 0 bridgehead atoms. The highest BCUT2D eigenvalue weighted by Crippen LogP contribution is 2.49. The molecule has 1 fully saturated rings. The lowest BCUT2D eigenvalue weighted by atomic mass is 10.0. The fourth-order valence-corrected chi connectivity index (χ4v) is 9.00. The summed E-state index contributed by atoms with van der Waals surface area (Å²) in [4.78, 5) is 54.0. The Bertz CT molecular complexity index is 1190. The summed E-state index contributed by atoms with van der Waals surface area (Å²) in [5.41, 5.74) is 0. The van der Waals surface area contributed by atoms with Gasteiger partial charge in [0.2, 0.25) is 0 Å². The van der Waals surface area contributed by atoms with Gasteiger partial charge in [0.15, 0.2) is 0 Å². The number of aliphatic carboxylic acids is 4. The molecule has 0 saturated carbocycles. The Hall–Kier alpha value is -2.21. The van der Waals surface area contributed by atoms with E-state index in [-0.39, 0.29) is 78.3 Å². The highest BCUT2D eigenvalue weighted by molar-refractivity contribution is 7.53. The number of carbonyl (C=O) groups is 4. The van der Waals surface area contributed by atoms with Gasteiger partial charge in [-0.3, -0.25) is 43.3 Å². The van der Waals surface area contributed by atoms with Gasteiger partial charge in [-0.1, -0.05) is 89.9 Å². The number of carboxylic acids is 4. The van der Waals surface area contributed by atoms with Crippen molar-refractivity contribution >= 4 is 31.5 Å². The summed E-state index contributed by atoms with van der Waals surface area (Å²) in [5, 5.41) is 47.7. The van der Waals surface area contributed by atoms with Crippen LogP contribution < -0.4 is 0 Å². The quantitative estimate of drug-likeness (QED) is 0.0357. The highest BCUT2D eigenvalue weighted by Gasteiger charge is 2.36. The van der Waals surface area contributed by atoms with Crippen molar-refractivity contribution in [1.29, 1.82) is 0 Å². The smallest absolute Gasteiger partial charge is 0.332 e. The van der Waals surface area contributed by atoms with Crippen LogP contribution >= 0.6 is 7.60 Å². The van der Waals surface area contributed by atoms with Crippen molar-refractivity contribution < 1.29 is 62.8 Å². The highest BCUT2D eigenvalue weighted by atomic mass is 31.2. The number of quaternary nitrogens is 1. The Labute approximate surface area is 347 Å². The molecular weight excluding hydrogens is 773 g/mol. The maximum absolute atomic E-state index is 14.6. The zero-order chi connectivity index (χ0) is 43.2. The molecule has 1 rings (SSSR count). The molecule has 17 nitrogen and oxygen atoms in total. The van der Waals surface area contributed by atoms with Gasteiger partial charge in [-0.05, 0) is 12.8 Å². The van der Waals surface area contributed by atoms with Crippen LogP contribution in [0.4, 0.5) is 0 Å². The van der Waals surface area contributed by atoms with Crippen LogP contribution in [-0.2, 0) is 32.8 Å². The van der Waals surface area contributed by atoms with Gasteiger partial charge >= 0.3 is 31.5 Å². The zero-order valence-electron chi connectivity index (χ0n) is 36.0. The monoisotopic (exact) mass is 853 g/mol. The van der Waals surface area contributed by atoms with E-state index in [0.717, 1.165) is 32.1 Å². The summed E-state index contributed by atoms with van der Waals surface area (Å²) >= 11 is 0. The molecule has 0 radical (unpaired) electrons. The second-order valence-corrected chi connectivity index (χ2v) is 18.9. The number of hydrogen-bond donors (Lipinski definition) is 5. The molecule has 58 heavy (non-hydrogen) atoms. The molecule has 2 atom stereocenters. The Morgan fingerprint density at radius 3 is 1.31 bits per heavy atom. The summed E-state index contributed by atoms with van der Waals surface area (Å²) < 4.78 is 27.3. The second-order valence-electron chi connectivity index (χ2n) is 16.8. The molecule has 340 valence electrons. The summed E-state index contributed by atoms with van der Waals surface area (Å²) in [5.74, 6) is -4.45. The first-order chi connectivity index (χ1) is 27.5. The minimum Gasteiger partial charge on any atom is -0.480 e. The maximum Gasteiger partial charge on any atom is 0.332 e. The van der Waals surface area contributed by atoms with Crippen LogP contribution in [0.5, 0.6) is 0 Å². The van der Waals surface area contributed by atoms with Crippen LogP contribution in [0.1, 0.15) is 103 Å². The van der Waals surface area contributed by atoms with Crippen molar-refractivity contribution in [2.75, 3.05) is 126 Å². The summed E-state index contributed by atoms with van der Waals surface area (Å²) in [7, 11) is 2.05. The number of aliphatic hydroxyl groups excluding tert-OH is 1. The van der Waals surface area contributed by atoms with Gasteiger partial charge in [0.1, 0.15) is 13.2 Å². The molecule has 0 amide bonds. The van der Waals surface area contributed by atoms with Crippen LogP contribution in [0.2, 0.25) is 0 Å². The number of aliphatic hydroxyl groups is 1. The number of rotatable bonds is 33. The molecular formula is C40H79N5O12P+.